The van der Waals surface area contributed by atoms with Crippen LogP contribution in [0.15, 0.2) is 53.8 Å². The number of hydrogen-bond acceptors (Lipinski definition) is 5. The lowest BCUT2D eigenvalue weighted by Gasteiger charge is -2.33. The standard InChI is InChI=1S/C17H20N4O/c1-22-16-7-3-2-6-15(16)14-19-21-12-10-20(11-13-21)17-8-4-5-9-18-17/h2-9,14H,10-13H2,1H3. The van der Waals surface area contributed by atoms with Gasteiger partial charge in [0.2, 0.25) is 0 Å². The van der Waals surface area contributed by atoms with Gasteiger partial charge in [0.15, 0.2) is 0 Å². The number of benzene rings is 1. The second-order valence-electron chi connectivity index (χ2n) is 5.12. The fraction of sp³-hybridized carbons (Fsp3) is 0.294. The Balaban J connectivity index is 1.59. The Hall–Kier alpha value is -2.56. The van der Waals surface area contributed by atoms with Crippen molar-refractivity contribution in [2.45, 2.75) is 0 Å². The summed E-state index contributed by atoms with van der Waals surface area (Å²) >= 11 is 0. The lowest BCUT2D eigenvalue weighted by Crippen LogP contribution is -2.44. The van der Waals surface area contributed by atoms with Crippen molar-refractivity contribution in [3.63, 3.8) is 0 Å². The van der Waals surface area contributed by atoms with Gasteiger partial charge < -0.3 is 9.64 Å². The van der Waals surface area contributed by atoms with Gasteiger partial charge >= 0.3 is 0 Å². The van der Waals surface area contributed by atoms with Crippen LogP contribution >= 0.6 is 0 Å². The maximum Gasteiger partial charge on any atom is 0.128 e. The Kier molecular flexibility index (Phi) is 4.53. The average Bonchev–Trinajstić information content (AvgIpc) is 2.61. The number of anilines is 1. The van der Waals surface area contributed by atoms with Gasteiger partial charge in [-0.2, -0.15) is 5.10 Å². The third-order valence-electron chi connectivity index (χ3n) is 3.73. The first-order valence-electron chi connectivity index (χ1n) is 7.45. The molecular weight excluding hydrogens is 276 g/mol. The highest BCUT2D eigenvalue weighted by Gasteiger charge is 2.16. The zero-order chi connectivity index (χ0) is 15.2. The van der Waals surface area contributed by atoms with Gasteiger partial charge in [0.05, 0.1) is 26.4 Å². The van der Waals surface area contributed by atoms with Crippen LogP contribution < -0.4 is 9.64 Å². The molecule has 5 nitrogen and oxygen atoms in total. The maximum atomic E-state index is 5.33. The molecule has 2 aromatic rings. The summed E-state index contributed by atoms with van der Waals surface area (Å²) in [6.07, 6.45) is 3.71. The summed E-state index contributed by atoms with van der Waals surface area (Å²) in [6.45, 7) is 3.64. The molecule has 0 saturated carbocycles. The number of hydrogen-bond donors (Lipinski definition) is 0. The number of rotatable bonds is 4. The van der Waals surface area contributed by atoms with Gasteiger partial charge in [0, 0.05) is 24.8 Å². The number of piperazine rings is 1. The number of nitrogens with zero attached hydrogens (tertiary/aromatic N) is 4. The Morgan fingerprint density at radius 1 is 1.05 bits per heavy atom. The maximum absolute atomic E-state index is 5.33. The SMILES string of the molecule is COc1ccccc1C=NN1CCN(c2ccccn2)CC1. The minimum atomic E-state index is 0.846. The summed E-state index contributed by atoms with van der Waals surface area (Å²) in [6, 6.07) is 13.9. The molecule has 0 spiro atoms. The quantitative estimate of drug-likeness (QED) is 0.812. The molecular formula is C17H20N4O. The Labute approximate surface area is 130 Å². The predicted octanol–water partition coefficient (Wildman–Crippen LogP) is 2.25. The molecule has 1 saturated heterocycles. The molecule has 1 aliphatic heterocycles. The Morgan fingerprint density at radius 2 is 1.82 bits per heavy atom. The van der Waals surface area contributed by atoms with Crippen LogP contribution in [0.25, 0.3) is 0 Å². The first-order valence-corrected chi connectivity index (χ1v) is 7.45. The van der Waals surface area contributed by atoms with E-state index in [4.69, 9.17) is 4.74 Å². The zero-order valence-corrected chi connectivity index (χ0v) is 12.7. The van der Waals surface area contributed by atoms with Crippen LogP contribution in [-0.2, 0) is 0 Å². The van der Waals surface area contributed by atoms with Crippen LogP contribution in [0.3, 0.4) is 0 Å². The summed E-state index contributed by atoms with van der Waals surface area (Å²) < 4.78 is 5.33. The largest absolute Gasteiger partial charge is 0.496 e. The lowest BCUT2D eigenvalue weighted by atomic mass is 10.2. The van der Waals surface area contributed by atoms with E-state index in [-0.39, 0.29) is 0 Å². The minimum Gasteiger partial charge on any atom is -0.496 e. The van der Waals surface area contributed by atoms with Gasteiger partial charge in [-0.15, -0.1) is 0 Å². The number of hydrazone groups is 1. The first-order chi connectivity index (χ1) is 10.9. The first kappa shape index (κ1) is 14.4. The Bertz CT molecular complexity index is 622. The van der Waals surface area contributed by atoms with E-state index < -0.39 is 0 Å². The molecule has 0 N–H and O–H groups in total. The molecule has 1 aromatic carbocycles. The molecule has 3 rings (SSSR count). The van der Waals surface area contributed by atoms with Gasteiger partial charge in [0.25, 0.3) is 0 Å². The van der Waals surface area contributed by atoms with Crippen LogP contribution in [-0.4, -0.2) is 49.5 Å². The molecule has 1 aromatic heterocycles. The van der Waals surface area contributed by atoms with E-state index in [1.54, 1.807) is 7.11 Å². The van der Waals surface area contributed by atoms with Crippen LogP contribution in [0.2, 0.25) is 0 Å². The summed E-state index contributed by atoms with van der Waals surface area (Å²) in [4.78, 5) is 6.68. The fourth-order valence-electron chi connectivity index (χ4n) is 2.50. The topological polar surface area (TPSA) is 41.0 Å². The van der Waals surface area contributed by atoms with Crippen molar-refractivity contribution < 1.29 is 4.74 Å². The van der Waals surface area contributed by atoms with Crippen molar-refractivity contribution in [2.75, 3.05) is 38.2 Å². The molecule has 114 valence electrons. The predicted molar refractivity (Wildman–Crippen MR) is 88.6 cm³/mol. The second kappa shape index (κ2) is 6.93. The third-order valence-corrected chi connectivity index (χ3v) is 3.73. The number of ether oxygens (including phenoxy) is 1. The molecule has 0 aliphatic carbocycles. The van der Waals surface area contributed by atoms with E-state index in [0.717, 1.165) is 43.3 Å². The van der Waals surface area contributed by atoms with Crippen molar-refractivity contribution in [1.82, 2.24) is 9.99 Å². The summed E-state index contributed by atoms with van der Waals surface area (Å²) in [5, 5.41) is 6.66. The normalized spacial score (nSPS) is 15.3. The molecule has 0 atom stereocenters. The van der Waals surface area contributed by atoms with Crippen LogP contribution in [0.4, 0.5) is 5.82 Å². The van der Waals surface area contributed by atoms with Crippen LogP contribution in [0.5, 0.6) is 5.75 Å². The summed E-state index contributed by atoms with van der Waals surface area (Å²) in [5.74, 6) is 1.88. The molecule has 1 fully saturated rings. The fourth-order valence-corrected chi connectivity index (χ4v) is 2.50. The van der Waals surface area contributed by atoms with Crippen LogP contribution in [0, 0.1) is 0 Å². The molecule has 0 amide bonds. The summed E-state index contributed by atoms with van der Waals surface area (Å²) in [5.41, 5.74) is 0.997. The zero-order valence-electron chi connectivity index (χ0n) is 12.7. The van der Waals surface area contributed by atoms with Gasteiger partial charge in [-0.1, -0.05) is 18.2 Å². The van der Waals surface area contributed by atoms with E-state index in [0.29, 0.717) is 0 Å². The van der Waals surface area contributed by atoms with Crippen molar-refractivity contribution in [1.29, 1.82) is 0 Å². The lowest BCUT2D eigenvalue weighted by molar-refractivity contribution is 0.271. The van der Waals surface area contributed by atoms with E-state index in [9.17, 15) is 0 Å². The number of pyridine rings is 1. The molecule has 2 heterocycles. The van der Waals surface area contributed by atoms with Crippen molar-refractivity contribution in [2.24, 2.45) is 5.10 Å². The van der Waals surface area contributed by atoms with E-state index >= 15 is 0 Å². The van der Waals surface area contributed by atoms with Crippen molar-refractivity contribution >= 4 is 12.0 Å². The minimum absolute atomic E-state index is 0.846. The molecule has 0 bridgehead atoms. The van der Waals surface area contributed by atoms with E-state index in [1.165, 1.54) is 0 Å². The highest BCUT2D eigenvalue weighted by atomic mass is 16.5. The van der Waals surface area contributed by atoms with E-state index in [2.05, 4.69) is 20.0 Å². The number of para-hydroxylation sites is 1. The molecule has 0 radical (unpaired) electrons. The van der Waals surface area contributed by atoms with Gasteiger partial charge in [-0.05, 0) is 24.3 Å². The van der Waals surface area contributed by atoms with Crippen molar-refractivity contribution in [3.05, 3.63) is 54.2 Å². The van der Waals surface area contributed by atoms with Crippen molar-refractivity contribution in [3.8, 4) is 5.75 Å². The van der Waals surface area contributed by atoms with Gasteiger partial charge in [-0.3, -0.25) is 5.01 Å². The highest BCUT2D eigenvalue weighted by molar-refractivity contribution is 5.83. The smallest absolute Gasteiger partial charge is 0.128 e. The van der Waals surface area contributed by atoms with Gasteiger partial charge in [-0.25, -0.2) is 4.98 Å². The monoisotopic (exact) mass is 296 g/mol. The third kappa shape index (κ3) is 3.36. The summed E-state index contributed by atoms with van der Waals surface area (Å²) in [7, 11) is 1.68. The molecule has 5 heteroatoms. The second-order valence-corrected chi connectivity index (χ2v) is 5.12. The number of aromatic nitrogens is 1. The number of methoxy groups -OCH3 is 1. The Morgan fingerprint density at radius 3 is 2.55 bits per heavy atom. The van der Waals surface area contributed by atoms with Crippen LogP contribution in [0.1, 0.15) is 5.56 Å². The van der Waals surface area contributed by atoms with Gasteiger partial charge in [0.1, 0.15) is 11.6 Å². The molecule has 1 aliphatic rings. The van der Waals surface area contributed by atoms with E-state index in [1.807, 2.05) is 54.9 Å². The average molecular weight is 296 g/mol. The highest BCUT2D eigenvalue weighted by Crippen LogP contribution is 2.16. The molecule has 22 heavy (non-hydrogen) atoms. The molecule has 0 unspecified atom stereocenters.